The summed E-state index contributed by atoms with van der Waals surface area (Å²) in [6.45, 7) is 10.5. The summed E-state index contributed by atoms with van der Waals surface area (Å²) in [5.74, 6) is 1.49. The summed E-state index contributed by atoms with van der Waals surface area (Å²) < 4.78 is 5.64. The molecule has 1 atom stereocenters. The molecule has 0 aliphatic carbocycles. The maximum Gasteiger partial charge on any atom is 0.138 e. The second-order valence-electron chi connectivity index (χ2n) is 4.81. The Morgan fingerprint density at radius 3 is 2.71 bits per heavy atom. The van der Waals surface area contributed by atoms with Crippen molar-refractivity contribution < 1.29 is 4.74 Å². The number of aromatic nitrogens is 1. The van der Waals surface area contributed by atoms with Gasteiger partial charge in [-0.15, -0.1) is 0 Å². The zero-order valence-corrected chi connectivity index (χ0v) is 11.4. The van der Waals surface area contributed by atoms with Crippen LogP contribution in [0.3, 0.4) is 0 Å². The Morgan fingerprint density at radius 2 is 2.06 bits per heavy atom. The van der Waals surface area contributed by atoms with Gasteiger partial charge in [-0.05, 0) is 50.9 Å². The minimum absolute atomic E-state index is 0.200. The Balaban J connectivity index is 2.53. The molecule has 0 fully saturated rings. The highest BCUT2D eigenvalue weighted by Crippen LogP contribution is 2.15. The first-order chi connectivity index (χ1) is 8.11. The minimum atomic E-state index is 0.200. The second-order valence-corrected chi connectivity index (χ2v) is 4.81. The molecule has 1 aromatic rings. The van der Waals surface area contributed by atoms with Crippen molar-refractivity contribution in [3.63, 3.8) is 0 Å². The van der Waals surface area contributed by atoms with Crippen LogP contribution < -0.4 is 10.1 Å². The summed E-state index contributed by atoms with van der Waals surface area (Å²) in [5.41, 5.74) is 1.24. The van der Waals surface area contributed by atoms with Crippen LogP contribution >= 0.6 is 0 Å². The van der Waals surface area contributed by atoms with Crippen LogP contribution in [0.25, 0.3) is 0 Å². The van der Waals surface area contributed by atoms with E-state index in [9.17, 15) is 0 Å². The Bertz CT molecular complexity index is 326. The van der Waals surface area contributed by atoms with Crippen LogP contribution in [0.1, 0.15) is 33.3 Å². The van der Waals surface area contributed by atoms with Gasteiger partial charge >= 0.3 is 0 Å². The van der Waals surface area contributed by atoms with Crippen molar-refractivity contribution in [2.75, 3.05) is 13.1 Å². The van der Waals surface area contributed by atoms with Crippen molar-refractivity contribution in [3.05, 3.63) is 24.0 Å². The number of rotatable bonds is 7. The largest absolute Gasteiger partial charge is 0.489 e. The fourth-order valence-corrected chi connectivity index (χ4v) is 1.78. The van der Waals surface area contributed by atoms with Crippen LogP contribution in [-0.4, -0.2) is 24.2 Å². The van der Waals surface area contributed by atoms with Crippen molar-refractivity contribution >= 4 is 0 Å². The van der Waals surface area contributed by atoms with Gasteiger partial charge in [0.2, 0.25) is 0 Å². The lowest BCUT2D eigenvalue weighted by atomic mass is 10.0. The van der Waals surface area contributed by atoms with Gasteiger partial charge in [0.25, 0.3) is 0 Å². The molecular formula is C14H24N2O. The third-order valence-electron chi connectivity index (χ3n) is 2.47. The Hall–Kier alpha value is -1.09. The molecule has 96 valence electrons. The van der Waals surface area contributed by atoms with E-state index < -0.39 is 0 Å². The van der Waals surface area contributed by atoms with Crippen molar-refractivity contribution in [1.82, 2.24) is 10.3 Å². The quantitative estimate of drug-likeness (QED) is 0.790. The van der Waals surface area contributed by atoms with E-state index in [2.05, 4.69) is 30.2 Å². The van der Waals surface area contributed by atoms with Gasteiger partial charge in [0.15, 0.2) is 0 Å². The predicted molar refractivity (Wildman–Crippen MR) is 71.4 cm³/mol. The standard InChI is InChI=1S/C14H24N2O/c1-5-15-8-12(4)6-13-7-14(10-16-9-13)17-11(2)3/h7,9-12,15H,5-6,8H2,1-4H3. The molecule has 0 aromatic carbocycles. The Labute approximate surface area is 105 Å². The summed E-state index contributed by atoms with van der Waals surface area (Å²) in [6.07, 6.45) is 4.94. The first-order valence-corrected chi connectivity index (χ1v) is 6.43. The number of ether oxygens (including phenoxy) is 1. The van der Waals surface area contributed by atoms with Gasteiger partial charge in [-0.2, -0.15) is 0 Å². The van der Waals surface area contributed by atoms with E-state index >= 15 is 0 Å². The zero-order valence-electron chi connectivity index (χ0n) is 11.4. The summed E-state index contributed by atoms with van der Waals surface area (Å²) >= 11 is 0. The van der Waals surface area contributed by atoms with Crippen molar-refractivity contribution in [2.45, 2.75) is 40.2 Å². The second kappa shape index (κ2) is 7.28. The first kappa shape index (κ1) is 14.0. The van der Waals surface area contributed by atoms with E-state index in [1.165, 1.54) is 5.56 Å². The van der Waals surface area contributed by atoms with Gasteiger partial charge in [-0.25, -0.2) is 0 Å². The number of nitrogens with one attached hydrogen (secondary N) is 1. The average molecular weight is 236 g/mol. The van der Waals surface area contributed by atoms with Gasteiger partial charge in [0.05, 0.1) is 12.3 Å². The molecule has 0 radical (unpaired) electrons. The summed E-state index contributed by atoms with van der Waals surface area (Å²) in [5, 5.41) is 3.36. The fraction of sp³-hybridized carbons (Fsp3) is 0.643. The van der Waals surface area contributed by atoms with E-state index in [1.54, 1.807) is 6.20 Å². The molecule has 3 nitrogen and oxygen atoms in total. The number of nitrogens with zero attached hydrogens (tertiary/aromatic N) is 1. The van der Waals surface area contributed by atoms with Crippen molar-refractivity contribution in [2.24, 2.45) is 5.92 Å². The molecule has 0 amide bonds. The smallest absolute Gasteiger partial charge is 0.138 e. The van der Waals surface area contributed by atoms with Gasteiger partial charge in [-0.3, -0.25) is 4.98 Å². The Kier molecular flexibility index (Phi) is 5.98. The third kappa shape index (κ3) is 5.68. The third-order valence-corrected chi connectivity index (χ3v) is 2.47. The van der Waals surface area contributed by atoms with Crippen molar-refractivity contribution in [3.8, 4) is 5.75 Å². The Morgan fingerprint density at radius 1 is 1.29 bits per heavy atom. The molecule has 0 bridgehead atoms. The molecule has 1 N–H and O–H groups in total. The lowest BCUT2D eigenvalue weighted by Gasteiger charge is -2.13. The molecule has 3 heteroatoms. The van der Waals surface area contributed by atoms with Crippen LogP contribution in [0, 0.1) is 5.92 Å². The monoisotopic (exact) mass is 236 g/mol. The maximum atomic E-state index is 5.64. The van der Waals surface area contributed by atoms with E-state index in [1.807, 2.05) is 20.0 Å². The van der Waals surface area contributed by atoms with Crippen LogP contribution in [0.15, 0.2) is 18.5 Å². The van der Waals surface area contributed by atoms with E-state index in [0.29, 0.717) is 5.92 Å². The zero-order chi connectivity index (χ0) is 12.7. The molecule has 0 saturated heterocycles. The molecule has 1 aromatic heterocycles. The van der Waals surface area contributed by atoms with Crippen LogP contribution in [-0.2, 0) is 6.42 Å². The topological polar surface area (TPSA) is 34.2 Å². The van der Waals surface area contributed by atoms with Gasteiger partial charge < -0.3 is 10.1 Å². The first-order valence-electron chi connectivity index (χ1n) is 6.43. The molecule has 1 heterocycles. The van der Waals surface area contributed by atoms with Crippen LogP contribution in [0.2, 0.25) is 0 Å². The number of hydrogen-bond donors (Lipinski definition) is 1. The molecular weight excluding hydrogens is 212 g/mol. The summed E-state index contributed by atoms with van der Waals surface area (Å²) in [4.78, 5) is 4.23. The highest BCUT2D eigenvalue weighted by atomic mass is 16.5. The van der Waals surface area contributed by atoms with Gasteiger partial charge in [-0.1, -0.05) is 13.8 Å². The molecule has 0 spiro atoms. The SMILES string of the molecule is CCNCC(C)Cc1cncc(OC(C)C)c1. The highest BCUT2D eigenvalue weighted by molar-refractivity contribution is 5.24. The predicted octanol–water partition coefficient (Wildman–Crippen LogP) is 2.66. The van der Waals surface area contributed by atoms with E-state index in [0.717, 1.165) is 25.3 Å². The van der Waals surface area contributed by atoms with E-state index in [-0.39, 0.29) is 6.10 Å². The minimum Gasteiger partial charge on any atom is -0.489 e. The lowest BCUT2D eigenvalue weighted by Crippen LogP contribution is -2.22. The molecule has 1 rings (SSSR count). The van der Waals surface area contributed by atoms with Crippen LogP contribution in [0.4, 0.5) is 0 Å². The summed E-state index contributed by atoms with van der Waals surface area (Å²) in [7, 11) is 0. The van der Waals surface area contributed by atoms with Gasteiger partial charge in [0, 0.05) is 6.20 Å². The lowest BCUT2D eigenvalue weighted by molar-refractivity contribution is 0.241. The molecule has 0 saturated carbocycles. The van der Waals surface area contributed by atoms with Gasteiger partial charge in [0.1, 0.15) is 5.75 Å². The summed E-state index contributed by atoms with van der Waals surface area (Å²) in [6, 6.07) is 2.09. The maximum absolute atomic E-state index is 5.64. The van der Waals surface area contributed by atoms with E-state index in [4.69, 9.17) is 4.74 Å². The molecule has 1 unspecified atom stereocenters. The normalized spacial score (nSPS) is 12.8. The number of hydrogen-bond acceptors (Lipinski definition) is 3. The van der Waals surface area contributed by atoms with Crippen molar-refractivity contribution in [1.29, 1.82) is 0 Å². The average Bonchev–Trinajstić information content (AvgIpc) is 2.26. The molecule has 0 aliphatic rings. The number of pyridine rings is 1. The molecule has 0 aliphatic heterocycles. The molecule has 17 heavy (non-hydrogen) atoms. The van der Waals surface area contributed by atoms with Crippen LogP contribution in [0.5, 0.6) is 5.75 Å². The fourth-order valence-electron chi connectivity index (χ4n) is 1.78. The highest BCUT2D eigenvalue weighted by Gasteiger charge is 2.05.